The van der Waals surface area contributed by atoms with Crippen LogP contribution in [0.25, 0.3) is 0 Å². The summed E-state index contributed by atoms with van der Waals surface area (Å²) >= 11 is 0. The maximum Gasteiger partial charge on any atom is 0.220 e. The third-order valence-corrected chi connectivity index (χ3v) is 9.16. The zero-order valence-electron chi connectivity index (χ0n) is 31.4. The van der Waals surface area contributed by atoms with Gasteiger partial charge in [-0.05, 0) is 51.4 Å². The van der Waals surface area contributed by atoms with Crippen molar-refractivity contribution in [3.63, 3.8) is 0 Å². The third kappa shape index (κ3) is 22.9. The van der Waals surface area contributed by atoms with Crippen LogP contribution in [0.3, 0.4) is 0 Å². The number of hydrogen-bond acceptors (Lipinski definition) is 8. The summed E-state index contributed by atoms with van der Waals surface area (Å²) in [6, 6.07) is -0.818. The van der Waals surface area contributed by atoms with Crippen molar-refractivity contribution in [1.82, 2.24) is 5.32 Å². The number of aliphatic hydroxyl groups excluding tert-OH is 5. The topological polar surface area (TPSA) is 149 Å². The molecular weight excluding hydrogens is 634 g/mol. The molecule has 1 aliphatic rings. The van der Waals surface area contributed by atoms with Crippen LogP contribution in [0.4, 0.5) is 0 Å². The van der Waals surface area contributed by atoms with E-state index in [0.29, 0.717) is 12.8 Å². The molecule has 0 radical (unpaired) electrons. The molecule has 7 unspecified atom stereocenters. The van der Waals surface area contributed by atoms with Crippen molar-refractivity contribution in [1.29, 1.82) is 0 Å². The summed E-state index contributed by atoms with van der Waals surface area (Å²) in [5.74, 6) is -0.210. The van der Waals surface area contributed by atoms with Gasteiger partial charge in [-0.1, -0.05) is 140 Å². The number of unbranched alkanes of at least 4 members (excludes halogenated alkanes) is 15. The first-order valence-electron chi connectivity index (χ1n) is 19.9. The number of amides is 1. The number of ether oxygens (including phenoxy) is 2. The summed E-state index contributed by atoms with van der Waals surface area (Å²) in [7, 11) is 0. The van der Waals surface area contributed by atoms with Crippen molar-refractivity contribution in [3.05, 3.63) is 48.6 Å². The van der Waals surface area contributed by atoms with Gasteiger partial charge in [0.15, 0.2) is 6.29 Å². The van der Waals surface area contributed by atoms with Gasteiger partial charge in [-0.3, -0.25) is 4.79 Å². The minimum atomic E-state index is -1.57. The van der Waals surface area contributed by atoms with Gasteiger partial charge in [0, 0.05) is 6.42 Å². The third-order valence-electron chi connectivity index (χ3n) is 9.16. The molecule has 1 fully saturated rings. The van der Waals surface area contributed by atoms with Gasteiger partial charge in [-0.2, -0.15) is 0 Å². The Kier molecular flexibility index (Phi) is 29.4. The van der Waals surface area contributed by atoms with E-state index in [1.54, 1.807) is 6.08 Å². The first kappa shape index (κ1) is 46.2. The molecule has 9 heteroatoms. The predicted molar refractivity (Wildman–Crippen MR) is 203 cm³/mol. The van der Waals surface area contributed by atoms with E-state index >= 15 is 0 Å². The molecule has 0 bridgehead atoms. The van der Waals surface area contributed by atoms with Gasteiger partial charge in [0.05, 0.1) is 25.4 Å². The van der Waals surface area contributed by atoms with Crippen molar-refractivity contribution < 1.29 is 39.8 Å². The number of carbonyl (C=O) groups excluding carboxylic acids is 1. The summed E-state index contributed by atoms with van der Waals surface area (Å²) < 4.78 is 11.1. The Hall–Kier alpha value is -1.85. The van der Waals surface area contributed by atoms with Crippen molar-refractivity contribution in [2.24, 2.45) is 0 Å². The molecule has 0 aromatic rings. The van der Waals surface area contributed by atoms with Gasteiger partial charge in [-0.15, -0.1) is 0 Å². The van der Waals surface area contributed by atoms with Gasteiger partial charge in [0.2, 0.25) is 5.91 Å². The fraction of sp³-hybridized carbons (Fsp3) is 0.780. The Morgan fingerprint density at radius 3 is 1.84 bits per heavy atom. The van der Waals surface area contributed by atoms with Crippen molar-refractivity contribution in [3.8, 4) is 0 Å². The Bertz CT molecular complexity index is 920. The summed E-state index contributed by atoms with van der Waals surface area (Å²) in [6.07, 6.45) is 31.5. The second kappa shape index (κ2) is 31.9. The molecule has 1 saturated heterocycles. The van der Waals surface area contributed by atoms with Crippen molar-refractivity contribution in [2.45, 2.75) is 192 Å². The van der Waals surface area contributed by atoms with Crippen LogP contribution < -0.4 is 5.32 Å². The van der Waals surface area contributed by atoms with Gasteiger partial charge in [0.1, 0.15) is 24.4 Å². The number of rotatable bonds is 31. The number of nitrogens with one attached hydrogen (secondary N) is 1. The van der Waals surface area contributed by atoms with Crippen LogP contribution in [0.2, 0.25) is 0 Å². The molecule has 6 N–H and O–H groups in total. The second-order valence-corrected chi connectivity index (χ2v) is 13.7. The fourth-order valence-corrected chi connectivity index (χ4v) is 5.93. The van der Waals surface area contributed by atoms with E-state index in [9.17, 15) is 30.3 Å². The number of allylic oxidation sites excluding steroid dienone is 7. The Morgan fingerprint density at radius 2 is 1.24 bits per heavy atom. The summed E-state index contributed by atoms with van der Waals surface area (Å²) in [5.41, 5.74) is 0. The summed E-state index contributed by atoms with van der Waals surface area (Å²) in [5, 5.41) is 53.9. The number of carbonyl (C=O) groups is 1. The second-order valence-electron chi connectivity index (χ2n) is 13.7. The average molecular weight is 708 g/mol. The Balaban J connectivity index is 2.48. The van der Waals surface area contributed by atoms with Gasteiger partial charge < -0.3 is 40.3 Å². The van der Waals surface area contributed by atoms with Gasteiger partial charge in [-0.25, -0.2) is 0 Å². The number of aliphatic hydroxyl groups is 5. The lowest BCUT2D eigenvalue weighted by atomic mass is 9.99. The molecule has 0 spiro atoms. The molecule has 1 amide bonds. The zero-order chi connectivity index (χ0) is 36.7. The first-order chi connectivity index (χ1) is 24.3. The summed E-state index contributed by atoms with van der Waals surface area (Å²) in [4.78, 5) is 12.9. The van der Waals surface area contributed by atoms with Crippen LogP contribution in [-0.4, -0.2) is 87.5 Å². The lowest BCUT2D eigenvalue weighted by Crippen LogP contribution is -2.60. The minimum absolute atomic E-state index is 0.202. The standard InChI is InChI=1S/C41H73NO8/c1-3-5-7-9-11-13-15-17-19-20-22-24-26-28-30-35(44)34(33-49-41-40(48)39(47)38(46)36(32-43)50-41)42-37(45)31-29-27-25-23-21-18-16-14-12-10-8-6-4-2/h6,8,12,14,18,21,28,30,34-36,38-41,43-44,46-48H,3-5,7,9-11,13,15-17,19-20,22-27,29,31-33H2,1-2H3,(H,42,45)/b8-6-,14-12-,21-18-,30-28+. The molecule has 1 aliphatic heterocycles. The van der Waals surface area contributed by atoms with Gasteiger partial charge >= 0.3 is 0 Å². The largest absolute Gasteiger partial charge is 0.394 e. The lowest BCUT2D eigenvalue weighted by molar-refractivity contribution is -0.302. The summed E-state index contributed by atoms with van der Waals surface area (Å²) in [6.45, 7) is 3.60. The Morgan fingerprint density at radius 1 is 0.700 bits per heavy atom. The monoisotopic (exact) mass is 708 g/mol. The van der Waals surface area contributed by atoms with Crippen LogP contribution in [0.1, 0.15) is 149 Å². The smallest absolute Gasteiger partial charge is 0.220 e. The molecule has 0 aliphatic carbocycles. The molecule has 1 rings (SSSR count). The molecule has 0 aromatic carbocycles. The van der Waals surface area contributed by atoms with Crippen LogP contribution in [-0.2, 0) is 14.3 Å². The highest BCUT2D eigenvalue weighted by molar-refractivity contribution is 5.76. The van der Waals surface area contributed by atoms with E-state index < -0.39 is 49.5 Å². The van der Waals surface area contributed by atoms with Crippen molar-refractivity contribution in [2.75, 3.05) is 13.2 Å². The van der Waals surface area contributed by atoms with E-state index in [4.69, 9.17) is 9.47 Å². The van der Waals surface area contributed by atoms with Gasteiger partial charge in [0.25, 0.3) is 0 Å². The number of hydrogen-bond donors (Lipinski definition) is 6. The highest BCUT2D eigenvalue weighted by Gasteiger charge is 2.44. The first-order valence-corrected chi connectivity index (χ1v) is 19.9. The molecule has 0 aromatic heterocycles. The fourth-order valence-electron chi connectivity index (χ4n) is 5.93. The lowest BCUT2D eigenvalue weighted by Gasteiger charge is -2.40. The predicted octanol–water partition coefficient (Wildman–Crippen LogP) is 7.11. The van der Waals surface area contributed by atoms with Crippen LogP contribution in [0.15, 0.2) is 48.6 Å². The normalized spacial score (nSPS) is 22.7. The molecular formula is C41H73NO8. The van der Waals surface area contributed by atoms with E-state index in [2.05, 4.69) is 55.6 Å². The van der Waals surface area contributed by atoms with E-state index in [0.717, 1.165) is 57.8 Å². The quantitative estimate of drug-likeness (QED) is 0.0330. The maximum absolute atomic E-state index is 12.9. The van der Waals surface area contributed by atoms with E-state index in [1.165, 1.54) is 64.2 Å². The van der Waals surface area contributed by atoms with Crippen LogP contribution >= 0.6 is 0 Å². The molecule has 7 atom stereocenters. The minimum Gasteiger partial charge on any atom is -0.394 e. The maximum atomic E-state index is 12.9. The zero-order valence-corrected chi connectivity index (χ0v) is 31.4. The average Bonchev–Trinajstić information content (AvgIpc) is 3.11. The highest BCUT2D eigenvalue weighted by Crippen LogP contribution is 2.22. The molecule has 0 saturated carbocycles. The highest BCUT2D eigenvalue weighted by atomic mass is 16.7. The molecule has 290 valence electrons. The Labute approximate surface area is 303 Å². The van der Waals surface area contributed by atoms with Crippen LogP contribution in [0.5, 0.6) is 0 Å². The van der Waals surface area contributed by atoms with E-state index in [-0.39, 0.29) is 12.5 Å². The molecule has 9 nitrogen and oxygen atoms in total. The SMILES string of the molecule is CC/C=C\C/C=C\C/C=C\CCCCCC(=O)NC(COC1OC(CO)C(O)C(O)C1O)C(O)/C=C/CCCCCCCCCCCCCC. The van der Waals surface area contributed by atoms with Crippen LogP contribution in [0, 0.1) is 0 Å². The van der Waals surface area contributed by atoms with Crippen molar-refractivity contribution >= 4 is 5.91 Å². The molecule has 50 heavy (non-hydrogen) atoms. The molecule has 1 heterocycles. The van der Waals surface area contributed by atoms with E-state index in [1.807, 2.05) is 6.08 Å².